The first-order valence-electron chi connectivity index (χ1n) is 4.42. The summed E-state index contributed by atoms with van der Waals surface area (Å²) in [4.78, 5) is 11.9. The van der Waals surface area contributed by atoms with Gasteiger partial charge >= 0.3 is 0 Å². The van der Waals surface area contributed by atoms with Crippen LogP contribution in [0.15, 0.2) is 23.4 Å². The first kappa shape index (κ1) is 8.93. The van der Waals surface area contributed by atoms with Gasteiger partial charge < -0.3 is 0 Å². The van der Waals surface area contributed by atoms with Crippen molar-refractivity contribution in [3.8, 4) is 0 Å². The van der Waals surface area contributed by atoms with Crippen molar-refractivity contribution in [2.75, 3.05) is 0 Å². The first-order chi connectivity index (χ1) is 6.50. The molecule has 0 fully saturated rings. The van der Waals surface area contributed by atoms with Crippen LogP contribution in [0.3, 0.4) is 0 Å². The molecular formula is C9H12N4O. The highest BCUT2D eigenvalue weighted by Gasteiger charge is 2.16. The molecule has 0 atom stereocenters. The van der Waals surface area contributed by atoms with Crippen LogP contribution in [-0.4, -0.2) is 19.4 Å². The normalized spacial score (nSPS) is 12.2. The molecule has 2 heterocycles. The Labute approximate surface area is 81.0 Å². The standard InChI is InChI=1S/C9H12N4O/c1-9(2,3)12-6-11-13-7(8(12)14)4-5-10-13/h4-6H,1-3H3. The molecule has 14 heavy (non-hydrogen) atoms. The largest absolute Gasteiger partial charge is 0.290 e. The van der Waals surface area contributed by atoms with Crippen LogP contribution in [0.4, 0.5) is 0 Å². The van der Waals surface area contributed by atoms with Gasteiger partial charge in [0.15, 0.2) is 5.52 Å². The highest BCUT2D eigenvalue weighted by molar-refractivity contribution is 5.41. The lowest BCUT2D eigenvalue weighted by Gasteiger charge is -2.21. The zero-order chi connectivity index (χ0) is 10.3. The molecule has 0 aliphatic rings. The van der Waals surface area contributed by atoms with E-state index in [2.05, 4.69) is 10.2 Å². The molecule has 0 saturated carbocycles. The van der Waals surface area contributed by atoms with E-state index in [-0.39, 0.29) is 11.1 Å². The molecule has 74 valence electrons. The van der Waals surface area contributed by atoms with Gasteiger partial charge in [0.2, 0.25) is 0 Å². The van der Waals surface area contributed by atoms with Gasteiger partial charge in [-0.1, -0.05) is 0 Å². The molecule has 0 bridgehead atoms. The van der Waals surface area contributed by atoms with Crippen molar-refractivity contribution >= 4 is 5.52 Å². The minimum absolute atomic E-state index is 0.0648. The van der Waals surface area contributed by atoms with Gasteiger partial charge in [0.05, 0.1) is 6.20 Å². The van der Waals surface area contributed by atoms with Gasteiger partial charge in [-0.2, -0.15) is 5.10 Å². The Hall–Kier alpha value is -1.65. The van der Waals surface area contributed by atoms with Crippen molar-refractivity contribution in [1.29, 1.82) is 0 Å². The van der Waals surface area contributed by atoms with E-state index in [1.165, 1.54) is 11.0 Å². The lowest BCUT2D eigenvalue weighted by molar-refractivity contribution is 0.375. The van der Waals surface area contributed by atoms with Crippen molar-refractivity contribution in [2.45, 2.75) is 26.3 Å². The molecule has 2 aromatic rings. The maximum Gasteiger partial charge on any atom is 0.280 e. The fourth-order valence-corrected chi connectivity index (χ4v) is 1.30. The van der Waals surface area contributed by atoms with E-state index in [9.17, 15) is 4.79 Å². The van der Waals surface area contributed by atoms with E-state index in [1.807, 2.05) is 20.8 Å². The molecule has 0 aliphatic heterocycles. The Kier molecular flexibility index (Phi) is 1.70. The molecule has 0 amide bonds. The van der Waals surface area contributed by atoms with Gasteiger partial charge in [0.1, 0.15) is 6.33 Å². The second-order valence-electron chi connectivity index (χ2n) is 4.18. The highest BCUT2D eigenvalue weighted by Crippen LogP contribution is 2.09. The number of fused-ring (bicyclic) bond motifs is 1. The monoisotopic (exact) mass is 192 g/mol. The van der Waals surface area contributed by atoms with E-state index in [4.69, 9.17) is 0 Å². The Balaban J connectivity index is 2.81. The quantitative estimate of drug-likeness (QED) is 0.615. The van der Waals surface area contributed by atoms with Crippen LogP contribution in [0, 0.1) is 0 Å². The summed E-state index contributed by atoms with van der Waals surface area (Å²) in [6, 6.07) is 1.66. The average Bonchev–Trinajstić information content (AvgIpc) is 2.50. The fraction of sp³-hybridized carbons (Fsp3) is 0.444. The van der Waals surface area contributed by atoms with Gasteiger partial charge in [-0.15, -0.1) is 9.73 Å². The number of hydrogen-bond acceptors (Lipinski definition) is 3. The zero-order valence-corrected chi connectivity index (χ0v) is 8.43. The van der Waals surface area contributed by atoms with Crippen LogP contribution in [0.2, 0.25) is 0 Å². The molecule has 0 aliphatic carbocycles. The Morgan fingerprint density at radius 2 is 2.00 bits per heavy atom. The lowest BCUT2D eigenvalue weighted by atomic mass is 10.1. The summed E-state index contributed by atoms with van der Waals surface area (Å²) in [6.45, 7) is 5.88. The number of nitrogens with zero attached hydrogens (tertiary/aromatic N) is 4. The second kappa shape index (κ2) is 2.67. The smallest absolute Gasteiger partial charge is 0.280 e. The molecule has 5 nitrogen and oxygen atoms in total. The molecule has 0 spiro atoms. The maximum atomic E-state index is 11.9. The minimum Gasteiger partial charge on any atom is -0.290 e. The van der Waals surface area contributed by atoms with Gasteiger partial charge in [-0.3, -0.25) is 9.36 Å². The van der Waals surface area contributed by atoms with Gasteiger partial charge in [-0.05, 0) is 26.8 Å². The summed E-state index contributed by atoms with van der Waals surface area (Å²) in [7, 11) is 0. The molecule has 0 aromatic carbocycles. The summed E-state index contributed by atoms with van der Waals surface area (Å²) in [5.41, 5.74) is 0.184. The van der Waals surface area contributed by atoms with Gasteiger partial charge in [0.25, 0.3) is 5.56 Å². The van der Waals surface area contributed by atoms with Crippen molar-refractivity contribution in [3.63, 3.8) is 0 Å². The molecule has 5 heteroatoms. The maximum absolute atomic E-state index is 11.9. The lowest BCUT2D eigenvalue weighted by Crippen LogP contribution is -2.34. The molecule has 0 N–H and O–H groups in total. The van der Waals surface area contributed by atoms with E-state index >= 15 is 0 Å². The number of aromatic nitrogens is 4. The third kappa shape index (κ3) is 1.21. The topological polar surface area (TPSA) is 52.2 Å². The first-order valence-corrected chi connectivity index (χ1v) is 4.42. The SMILES string of the molecule is CC(C)(C)n1cnn2nccc2c1=O. The second-order valence-corrected chi connectivity index (χ2v) is 4.18. The molecule has 0 radical (unpaired) electrons. The van der Waals surface area contributed by atoms with E-state index in [0.717, 1.165) is 0 Å². The van der Waals surface area contributed by atoms with Crippen molar-refractivity contribution in [2.24, 2.45) is 0 Å². The predicted octanol–water partition coefficient (Wildman–Crippen LogP) is 0.646. The zero-order valence-electron chi connectivity index (χ0n) is 8.43. The molecule has 2 rings (SSSR count). The molecule has 0 unspecified atom stereocenters. The van der Waals surface area contributed by atoms with Crippen LogP contribution in [-0.2, 0) is 5.54 Å². The van der Waals surface area contributed by atoms with E-state index < -0.39 is 0 Å². The van der Waals surface area contributed by atoms with Crippen molar-refractivity contribution in [3.05, 3.63) is 28.9 Å². The predicted molar refractivity (Wildman–Crippen MR) is 52.2 cm³/mol. The Morgan fingerprint density at radius 3 is 2.64 bits per heavy atom. The van der Waals surface area contributed by atoms with Gasteiger partial charge in [-0.25, -0.2) is 0 Å². The Bertz CT molecular complexity index is 517. The number of rotatable bonds is 0. The van der Waals surface area contributed by atoms with Crippen molar-refractivity contribution in [1.82, 2.24) is 19.4 Å². The van der Waals surface area contributed by atoms with Crippen molar-refractivity contribution < 1.29 is 0 Å². The third-order valence-corrected chi connectivity index (χ3v) is 2.06. The molecule has 2 aromatic heterocycles. The summed E-state index contributed by atoms with van der Waals surface area (Å²) in [6.07, 6.45) is 3.08. The fourth-order valence-electron chi connectivity index (χ4n) is 1.30. The number of hydrogen-bond donors (Lipinski definition) is 0. The van der Waals surface area contributed by atoms with E-state index in [1.54, 1.807) is 16.8 Å². The third-order valence-electron chi connectivity index (χ3n) is 2.06. The van der Waals surface area contributed by atoms with Crippen LogP contribution >= 0.6 is 0 Å². The Morgan fingerprint density at radius 1 is 1.29 bits per heavy atom. The van der Waals surface area contributed by atoms with Gasteiger partial charge in [0, 0.05) is 5.54 Å². The highest BCUT2D eigenvalue weighted by atomic mass is 16.1. The molecular weight excluding hydrogens is 180 g/mol. The summed E-state index contributed by atoms with van der Waals surface area (Å²) in [5.74, 6) is 0. The minimum atomic E-state index is -0.254. The van der Waals surface area contributed by atoms with E-state index in [0.29, 0.717) is 5.52 Å². The molecule has 0 saturated heterocycles. The van der Waals surface area contributed by atoms with Crippen LogP contribution in [0.25, 0.3) is 5.52 Å². The summed E-state index contributed by atoms with van der Waals surface area (Å²) < 4.78 is 2.94. The average molecular weight is 192 g/mol. The van der Waals surface area contributed by atoms with Crippen LogP contribution in [0.1, 0.15) is 20.8 Å². The van der Waals surface area contributed by atoms with Crippen LogP contribution in [0.5, 0.6) is 0 Å². The summed E-state index contributed by atoms with van der Waals surface area (Å²) in [5, 5.41) is 7.93. The summed E-state index contributed by atoms with van der Waals surface area (Å²) >= 11 is 0. The van der Waals surface area contributed by atoms with Crippen LogP contribution < -0.4 is 5.56 Å².